The van der Waals surface area contributed by atoms with E-state index in [2.05, 4.69) is 43.0 Å². The lowest BCUT2D eigenvalue weighted by Crippen LogP contribution is -2.51. The molecule has 4 atom stereocenters. The summed E-state index contributed by atoms with van der Waals surface area (Å²) in [5.41, 5.74) is 9.55. The van der Waals surface area contributed by atoms with E-state index in [0.717, 1.165) is 5.92 Å². The first kappa shape index (κ1) is 14.1. The molecule has 1 aliphatic carbocycles. The zero-order valence-corrected chi connectivity index (χ0v) is 12.9. The lowest BCUT2D eigenvalue weighted by atomic mass is 9.89. The number of piperidine rings is 1. The molecule has 0 aromatic heterocycles. The highest BCUT2D eigenvalue weighted by Crippen LogP contribution is 2.34. The maximum absolute atomic E-state index is 6.69. The van der Waals surface area contributed by atoms with Crippen molar-refractivity contribution in [1.29, 1.82) is 0 Å². The summed E-state index contributed by atoms with van der Waals surface area (Å²) in [4.78, 5) is 2.71. The van der Waals surface area contributed by atoms with E-state index < -0.39 is 0 Å². The van der Waals surface area contributed by atoms with Crippen LogP contribution in [0.4, 0.5) is 0 Å². The molecule has 1 saturated heterocycles. The minimum Gasteiger partial charge on any atom is -0.323 e. The van der Waals surface area contributed by atoms with Gasteiger partial charge in [0.1, 0.15) is 0 Å². The maximum Gasteiger partial charge on any atom is 0.0455 e. The van der Waals surface area contributed by atoms with Gasteiger partial charge in [0.15, 0.2) is 0 Å². The fourth-order valence-electron chi connectivity index (χ4n) is 4.13. The van der Waals surface area contributed by atoms with Crippen LogP contribution in [0.5, 0.6) is 0 Å². The summed E-state index contributed by atoms with van der Waals surface area (Å²) in [6, 6.07) is 10.2. The minimum absolute atomic E-state index is 0.182. The minimum atomic E-state index is 0.182. The molecule has 2 heteroatoms. The molecule has 1 aromatic rings. The average molecular weight is 272 g/mol. The molecule has 2 nitrogen and oxygen atoms in total. The third-order valence-corrected chi connectivity index (χ3v) is 5.37. The van der Waals surface area contributed by atoms with Gasteiger partial charge in [-0.1, -0.05) is 31.2 Å². The molecule has 4 unspecified atom stereocenters. The number of likely N-dealkylation sites (tertiary alicyclic amines) is 1. The van der Waals surface area contributed by atoms with Gasteiger partial charge >= 0.3 is 0 Å². The smallest absolute Gasteiger partial charge is 0.0455 e. The normalized spacial score (nSPS) is 35.4. The summed E-state index contributed by atoms with van der Waals surface area (Å²) in [5, 5.41) is 0. The van der Waals surface area contributed by atoms with Crippen molar-refractivity contribution >= 4 is 0 Å². The van der Waals surface area contributed by atoms with Crippen molar-refractivity contribution in [1.82, 2.24) is 4.90 Å². The number of nitrogens with two attached hydrogens (primary N) is 1. The molecule has 1 heterocycles. The molecule has 1 aliphatic heterocycles. The molecule has 1 fully saturated rings. The van der Waals surface area contributed by atoms with Crippen LogP contribution in [0.15, 0.2) is 24.3 Å². The van der Waals surface area contributed by atoms with Gasteiger partial charge in [0.2, 0.25) is 0 Å². The predicted molar refractivity (Wildman–Crippen MR) is 84.7 cm³/mol. The molecule has 0 radical (unpaired) electrons. The molecule has 20 heavy (non-hydrogen) atoms. The zero-order valence-electron chi connectivity index (χ0n) is 12.9. The van der Waals surface area contributed by atoms with Crippen LogP contribution >= 0.6 is 0 Å². The van der Waals surface area contributed by atoms with Crippen molar-refractivity contribution in [2.75, 3.05) is 6.54 Å². The van der Waals surface area contributed by atoms with Gasteiger partial charge in [-0.2, -0.15) is 0 Å². The summed E-state index contributed by atoms with van der Waals surface area (Å²) in [6.45, 7) is 5.99. The van der Waals surface area contributed by atoms with Gasteiger partial charge in [0.05, 0.1) is 0 Å². The van der Waals surface area contributed by atoms with E-state index in [0.29, 0.717) is 12.1 Å². The lowest BCUT2D eigenvalue weighted by molar-refractivity contribution is 0.0596. The number of aryl methyl sites for hydroxylation is 1. The monoisotopic (exact) mass is 272 g/mol. The van der Waals surface area contributed by atoms with Crippen molar-refractivity contribution in [3.63, 3.8) is 0 Å². The van der Waals surface area contributed by atoms with E-state index in [1.54, 1.807) is 0 Å². The van der Waals surface area contributed by atoms with Crippen LogP contribution in [0.25, 0.3) is 0 Å². The SMILES string of the molecule is CC1CCC(C)N(C2CCCc3ccccc3C2N)C1. The van der Waals surface area contributed by atoms with Crippen LogP contribution in [-0.2, 0) is 6.42 Å². The van der Waals surface area contributed by atoms with Gasteiger partial charge in [-0.25, -0.2) is 0 Å². The van der Waals surface area contributed by atoms with Gasteiger partial charge in [-0.3, -0.25) is 4.90 Å². The van der Waals surface area contributed by atoms with Crippen LogP contribution in [0.3, 0.4) is 0 Å². The molecule has 110 valence electrons. The molecule has 0 spiro atoms. The summed E-state index contributed by atoms with van der Waals surface area (Å²) in [7, 11) is 0. The summed E-state index contributed by atoms with van der Waals surface area (Å²) in [6.07, 6.45) is 6.40. The number of hydrogen-bond acceptors (Lipinski definition) is 2. The fourth-order valence-corrected chi connectivity index (χ4v) is 4.13. The van der Waals surface area contributed by atoms with Crippen molar-refractivity contribution in [3.8, 4) is 0 Å². The number of nitrogens with zero attached hydrogens (tertiary/aromatic N) is 1. The summed E-state index contributed by atoms with van der Waals surface area (Å²) in [5.74, 6) is 0.817. The van der Waals surface area contributed by atoms with Crippen LogP contribution in [0.2, 0.25) is 0 Å². The van der Waals surface area contributed by atoms with E-state index >= 15 is 0 Å². The van der Waals surface area contributed by atoms with E-state index in [-0.39, 0.29) is 6.04 Å². The molecule has 2 N–H and O–H groups in total. The Kier molecular flexibility index (Phi) is 4.13. The lowest BCUT2D eigenvalue weighted by Gasteiger charge is -2.44. The second-order valence-electron chi connectivity index (χ2n) is 6.91. The van der Waals surface area contributed by atoms with Crippen molar-refractivity contribution in [2.24, 2.45) is 11.7 Å². The first-order chi connectivity index (χ1) is 9.66. The van der Waals surface area contributed by atoms with Crippen LogP contribution in [0, 0.1) is 5.92 Å². The van der Waals surface area contributed by atoms with Crippen LogP contribution in [0.1, 0.15) is 56.7 Å². The largest absolute Gasteiger partial charge is 0.323 e. The second-order valence-corrected chi connectivity index (χ2v) is 6.91. The molecule has 0 amide bonds. The Morgan fingerprint density at radius 3 is 2.75 bits per heavy atom. The summed E-state index contributed by atoms with van der Waals surface area (Å²) >= 11 is 0. The van der Waals surface area contributed by atoms with Gasteiger partial charge in [-0.05, 0) is 56.1 Å². The highest BCUT2D eigenvalue weighted by molar-refractivity contribution is 5.32. The third kappa shape index (κ3) is 2.64. The van der Waals surface area contributed by atoms with Crippen molar-refractivity contribution < 1.29 is 0 Å². The van der Waals surface area contributed by atoms with E-state index in [1.165, 1.54) is 49.8 Å². The molecular formula is C18H28N2. The number of benzene rings is 1. The maximum atomic E-state index is 6.69. The summed E-state index contributed by atoms with van der Waals surface area (Å²) < 4.78 is 0. The molecule has 3 rings (SSSR count). The van der Waals surface area contributed by atoms with Gasteiger partial charge in [0.25, 0.3) is 0 Å². The highest BCUT2D eigenvalue weighted by atomic mass is 15.2. The Labute approximate surface area is 123 Å². The number of rotatable bonds is 1. The van der Waals surface area contributed by atoms with E-state index in [4.69, 9.17) is 5.73 Å². The highest BCUT2D eigenvalue weighted by Gasteiger charge is 2.34. The van der Waals surface area contributed by atoms with Crippen molar-refractivity contribution in [2.45, 2.75) is 64.1 Å². The van der Waals surface area contributed by atoms with E-state index in [9.17, 15) is 0 Å². The predicted octanol–water partition coefficient (Wildman–Crippen LogP) is 3.51. The topological polar surface area (TPSA) is 29.3 Å². The molecule has 0 saturated carbocycles. The van der Waals surface area contributed by atoms with Crippen LogP contribution < -0.4 is 5.73 Å². The Balaban J connectivity index is 1.86. The molecular weight excluding hydrogens is 244 g/mol. The zero-order chi connectivity index (χ0) is 14.1. The Bertz CT molecular complexity index is 456. The number of hydrogen-bond donors (Lipinski definition) is 1. The fraction of sp³-hybridized carbons (Fsp3) is 0.667. The van der Waals surface area contributed by atoms with Gasteiger partial charge < -0.3 is 5.73 Å². The Morgan fingerprint density at radius 2 is 1.90 bits per heavy atom. The molecule has 0 bridgehead atoms. The van der Waals surface area contributed by atoms with Gasteiger partial charge in [-0.15, -0.1) is 0 Å². The second kappa shape index (κ2) is 5.87. The number of fused-ring (bicyclic) bond motifs is 1. The molecule has 2 aliphatic rings. The third-order valence-electron chi connectivity index (χ3n) is 5.37. The quantitative estimate of drug-likeness (QED) is 0.793. The van der Waals surface area contributed by atoms with Crippen molar-refractivity contribution in [3.05, 3.63) is 35.4 Å². The standard InChI is InChI=1S/C18H28N2/c1-13-10-11-14(2)20(12-13)17-9-5-7-15-6-3-4-8-16(15)18(17)19/h3-4,6,8,13-14,17-18H,5,7,9-12,19H2,1-2H3. The first-order valence-corrected chi connectivity index (χ1v) is 8.26. The van der Waals surface area contributed by atoms with Gasteiger partial charge in [0, 0.05) is 24.7 Å². The first-order valence-electron chi connectivity index (χ1n) is 8.26. The van der Waals surface area contributed by atoms with Crippen LogP contribution in [-0.4, -0.2) is 23.5 Å². The molecule has 1 aromatic carbocycles. The average Bonchev–Trinajstić information content (AvgIpc) is 2.62. The Hall–Kier alpha value is -0.860. The Morgan fingerprint density at radius 1 is 1.10 bits per heavy atom. The van der Waals surface area contributed by atoms with E-state index in [1.807, 2.05) is 0 Å².